The summed E-state index contributed by atoms with van der Waals surface area (Å²) >= 11 is 0. The van der Waals surface area contributed by atoms with E-state index < -0.39 is 0 Å². The van der Waals surface area contributed by atoms with Gasteiger partial charge in [-0.25, -0.2) is 9.78 Å². The molecule has 0 fully saturated rings. The molecule has 1 aromatic heterocycles. The number of nitrogens with two attached hydrogens (primary N) is 1. The van der Waals surface area contributed by atoms with E-state index in [0.717, 1.165) is 54.9 Å². The fraction of sp³-hybridized carbons (Fsp3) is 0.333. The van der Waals surface area contributed by atoms with E-state index in [-0.39, 0.29) is 18.4 Å². The lowest BCUT2D eigenvalue weighted by Crippen LogP contribution is -2.05. The van der Waals surface area contributed by atoms with Crippen molar-refractivity contribution in [3.05, 3.63) is 77.4 Å². The topological polar surface area (TPSA) is 70.1 Å². The second-order valence-electron chi connectivity index (χ2n) is 7.15. The van der Waals surface area contributed by atoms with Crippen LogP contribution >= 0.6 is 12.4 Å². The molecule has 0 saturated carbocycles. The molecule has 2 aromatic carbocycles. The Bertz CT molecular complexity index is 951. The van der Waals surface area contributed by atoms with Crippen LogP contribution in [0.15, 0.2) is 54.7 Å². The van der Waals surface area contributed by atoms with E-state index in [1.54, 1.807) is 6.07 Å². The van der Waals surface area contributed by atoms with Crippen molar-refractivity contribution < 1.29 is 9.53 Å². The van der Waals surface area contributed by atoms with Crippen molar-refractivity contribution in [2.45, 2.75) is 39.2 Å². The van der Waals surface area contributed by atoms with Gasteiger partial charge in [-0.15, -0.1) is 12.4 Å². The third-order valence-corrected chi connectivity index (χ3v) is 5.01. The molecule has 0 spiro atoms. The highest BCUT2D eigenvalue weighted by atomic mass is 35.5. The molecule has 0 unspecified atom stereocenters. The van der Waals surface area contributed by atoms with Gasteiger partial charge in [0.25, 0.3) is 0 Å². The minimum atomic E-state index is -0.323. The maximum atomic E-state index is 12.1. The highest BCUT2D eigenvalue weighted by molar-refractivity contribution is 5.97. The van der Waals surface area contributed by atoms with Crippen LogP contribution < -0.4 is 5.73 Å². The summed E-state index contributed by atoms with van der Waals surface area (Å²) in [6, 6.07) is 15.8. The zero-order valence-electron chi connectivity index (χ0n) is 17.6. The lowest BCUT2D eigenvalue weighted by Gasteiger charge is -2.10. The number of hydrogen-bond acceptors (Lipinski definition) is 4. The quantitative estimate of drug-likeness (QED) is 0.504. The molecule has 0 saturated heterocycles. The SMILES string of the molecule is CCCCc1nc(CCN)cn1Cc1ccc(-c2ccccc2C(=O)OC)cc1.Cl. The van der Waals surface area contributed by atoms with Gasteiger partial charge in [0.15, 0.2) is 0 Å². The molecule has 0 aliphatic rings. The molecule has 2 N–H and O–H groups in total. The zero-order chi connectivity index (χ0) is 20.6. The molecule has 0 radical (unpaired) electrons. The first kappa shape index (κ1) is 23.6. The van der Waals surface area contributed by atoms with E-state index in [1.807, 2.05) is 18.2 Å². The standard InChI is InChI=1S/C24H29N3O2.ClH/c1-3-4-9-23-26-20(14-15-25)17-27(23)16-18-10-12-19(13-11-18)21-7-5-6-8-22(21)24(28)29-2;/h5-8,10-13,17H,3-4,9,14-16,25H2,1-2H3;1H. The van der Waals surface area contributed by atoms with Crippen LogP contribution in [0, 0.1) is 0 Å². The van der Waals surface area contributed by atoms with Crippen molar-refractivity contribution in [1.29, 1.82) is 0 Å². The van der Waals surface area contributed by atoms with Gasteiger partial charge in [-0.2, -0.15) is 0 Å². The van der Waals surface area contributed by atoms with Crippen molar-refractivity contribution in [2.75, 3.05) is 13.7 Å². The number of aryl methyl sites for hydroxylation is 1. The number of nitrogens with zero attached hydrogens (tertiary/aromatic N) is 2. The largest absolute Gasteiger partial charge is 0.465 e. The number of aromatic nitrogens is 2. The minimum Gasteiger partial charge on any atom is -0.465 e. The number of hydrogen-bond donors (Lipinski definition) is 1. The summed E-state index contributed by atoms with van der Waals surface area (Å²) in [5, 5.41) is 0. The summed E-state index contributed by atoms with van der Waals surface area (Å²) in [6.45, 7) is 3.58. The van der Waals surface area contributed by atoms with Gasteiger partial charge in [0.1, 0.15) is 5.82 Å². The van der Waals surface area contributed by atoms with Crippen molar-refractivity contribution in [1.82, 2.24) is 9.55 Å². The average Bonchev–Trinajstić information content (AvgIpc) is 3.13. The summed E-state index contributed by atoms with van der Waals surface area (Å²) < 4.78 is 7.14. The van der Waals surface area contributed by atoms with E-state index in [1.165, 1.54) is 12.7 Å². The molecule has 1 heterocycles. The van der Waals surface area contributed by atoms with Crippen molar-refractivity contribution in [2.24, 2.45) is 5.73 Å². The van der Waals surface area contributed by atoms with Gasteiger partial charge in [-0.1, -0.05) is 55.8 Å². The summed E-state index contributed by atoms with van der Waals surface area (Å²) in [5.74, 6) is 0.798. The molecule has 0 aliphatic carbocycles. The fourth-order valence-corrected chi connectivity index (χ4v) is 3.46. The highest BCUT2D eigenvalue weighted by Gasteiger charge is 2.13. The van der Waals surface area contributed by atoms with Crippen LogP contribution in [0.5, 0.6) is 0 Å². The molecule has 30 heavy (non-hydrogen) atoms. The molecule has 3 aromatic rings. The maximum Gasteiger partial charge on any atom is 0.338 e. The molecule has 0 bridgehead atoms. The van der Waals surface area contributed by atoms with Crippen LogP contribution in [0.3, 0.4) is 0 Å². The number of methoxy groups -OCH3 is 1. The zero-order valence-corrected chi connectivity index (χ0v) is 18.5. The molecular formula is C24H30ClN3O2. The van der Waals surface area contributed by atoms with Gasteiger partial charge in [-0.05, 0) is 35.7 Å². The second-order valence-corrected chi connectivity index (χ2v) is 7.15. The van der Waals surface area contributed by atoms with E-state index in [0.29, 0.717) is 12.1 Å². The Kier molecular flexibility index (Phi) is 9.09. The van der Waals surface area contributed by atoms with Crippen LogP contribution in [0.2, 0.25) is 0 Å². The predicted octanol–water partition coefficient (Wildman–Crippen LogP) is 4.65. The van der Waals surface area contributed by atoms with Crippen LogP contribution in [0.4, 0.5) is 0 Å². The lowest BCUT2D eigenvalue weighted by molar-refractivity contribution is 0.0601. The smallest absolute Gasteiger partial charge is 0.338 e. The first-order valence-electron chi connectivity index (χ1n) is 10.2. The van der Waals surface area contributed by atoms with Crippen molar-refractivity contribution >= 4 is 18.4 Å². The molecule has 3 rings (SSSR count). The summed E-state index contributed by atoms with van der Waals surface area (Å²) in [6.07, 6.45) is 6.18. The van der Waals surface area contributed by atoms with Gasteiger partial charge in [0.05, 0.1) is 18.4 Å². The van der Waals surface area contributed by atoms with E-state index in [2.05, 4.69) is 42.0 Å². The predicted molar refractivity (Wildman–Crippen MR) is 123 cm³/mol. The van der Waals surface area contributed by atoms with E-state index in [9.17, 15) is 4.79 Å². The molecule has 5 nitrogen and oxygen atoms in total. The third kappa shape index (κ3) is 5.71. The van der Waals surface area contributed by atoms with Gasteiger partial charge >= 0.3 is 5.97 Å². The number of halogens is 1. The average molecular weight is 428 g/mol. The molecule has 0 aliphatic heterocycles. The number of ether oxygens (including phenoxy) is 1. The number of carbonyl (C=O) groups excluding carboxylic acids is 1. The third-order valence-electron chi connectivity index (χ3n) is 5.01. The number of rotatable bonds is 9. The first-order valence-corrected chi connectivity index (χ1v) is 10.2. The second kappa shape index (κ2) is 11.5. The normalized spacial score (nSPS) is 10.5. The van der Waals surface area contributed by atoms with Gasteiger partial charge in [-0.3, -0.25) is 0 Å². The fourth-order valence-electron chi connectivity index (χ4n) is 3.46. The van der Waals surface area contributed by atoms with Crippen molar-refractivity contribution in [3.63, 3.8) is 0 Å². The van der Waals surface area contributed by atoms with Crippen LogP contribution in [0.25, 0.3) is 11.1 Å². The molecule has 160 valence electrons. The Morgan fingerprint density at radius 3 is 2.50 bits per heavy atom. The Morgan fingerprint density at radius 2 is 1.83 bits per heavy atom. The number of esters is 1. The van der Waals surface area contributed by atoms with Gasteiger partial charge in [0.2, 0.25) is 0 Å². The highest BCUT2D eigenvalue weighted by Crippen LogP contribution is 2.25. The van der Waals surface area contributed by atoms with E-state index >= 15 is 0 Å². The lowest BCUT2D eigenvalue weighted by atomic mass is 9.98. The molecule has 6 heteroatoms. The monoisotopic (exact) mass is 427 g/mol. The minimum absolute atomic E-state index is 0. The molecular weight excluding hydrogens is 398 g/mol. The Morgan fingerprint density at radius 1 is 1.10 bits per heavy atom. The van der Waals surface area contributed by atoms with Gasteiger partial charge < -0.3 is 15.0 Å². The number of benzene rings is 2. The summed E-state index contributed by atoms with van der Waals surface area (Å²) in [5.41, 5.74) is 10.4. The van der Waals surface area contributed by atoms with Crippen LogP contribution in [-0.2, 0) is 24.1 Å². The maximum absolute atomic E-state index is 12.1. The summed E-state index contributed by atoms with van der Waals surface area (Å²) in [7, 11) is 1.41. The van der Waals surface area contributed by atoms with Gasteiger partial charge in [0, 0.05) is 25.6 Å². The number of carbonyl (C=O) groups is 1. The number of unbranched alkanes of at least 4 members (excludes halogenated alkanes) is 1. The van der Waals surface area contributed by atoms with E-state index in [4.69, 9.17) is 15.5 Å². The van der Waals surface area contributed by atoms with Crippen LogP contribution in [0.1, 0.15) is 47.2 Å². The van der Waals surface area contributed by atoms with Crippen LogP contribution in [-0.4, -0.2) is 29.2 Å². The summed E-state index contributed by atoms with van der Waals surface area (Å²) in [4.78, 5) is 16.8. The van der Waals surface area contributed by atoms with Crippen molar-refractivity contribution in [3.8, 4) is 11.1 Å². The Hall–Kier alpha value is -2.63. The Balaban J connectivity index is 0.00000320. The molecule has 0 atom stereocenters. The first-order chi connectivity index (χ1) is 14.2. The number of imidazole rings is 1. The Labute approximate surface area is 184 Å². The molecule has 0 amide bonds.